The second kappa shape index (κ2) is 6.07. The average molecular weight is 246 g/mol. The second-order valence-corrected chi connectivity index (χ2v) is 3.12. The molecule has 86 valence electrons. The third kappa shape index (κ3) is 3.51. The van der Waals surface area contributed by atoms with Gasteiger partial charge in [-0.1, -0.05) is 12.2 Å². The van der Waals surface area contributed by atoms with Gasteiger partial charge in [0.25, 0.3) is 0 Å². The molecule has 4 nitrogen and oxygen atoms in total. The van der Waals surface area contributed by atoms with Crippen LogP contribution in [0, 0.1) is 15.9 Å². The van der Waals surface area contributed by atoms with Crippen molar-refractivity contribution in [1.82, 2.24) is 0 Å². The summed E-state index contributed by atoms with van der Waals surface area (Å²) in [6.45, 7) is 0.240. The molecule has 0 aromatic heterocycles. The first-order valence-corrected chi connectivity index (χ1v) is 4.96. The van der Waals surface area contributed by atoms with Gasteiger partial charge in [0, 0.05) is 18.0 Å². The van der Waals surface area contributed by atoms with E-state index < -0.39 is 16.4 Å². The average Bonchev–Trinajstić information content (AvgIpc) is 2.24. The molecule has 16 heavy (non-hydrogen) atoms. The molecule has 0 aliphatic heterocycles. The number of nitrogens with zero attached hydrogens (tertiary/aromatic N) is 1. The summed E-state index contributed by atoms with van der Waals surface area (Å²) in [6.07, 6.45) is 3.36. The van der Waals surface area contributed by atoms with Crippen LogP contribution in [0.25, 0.3) is 0 Å². The molecule has 0 atom stereocenters. The van der Waals surface area contributed by atoms with Crippen LogP contribution in [0.4, 0.5) is 10.1 Å². The Hall–Kier alpha value is -1.62. The lowest BCUT2D eigenvalue weighted by Crippen LogP contribution is -1.96. The van der Waals surface area contributed by atoms with Crippen LogP contribution < -0.4 is 4.74 Å². The summed E-state index contributed by atoms with van der Waals surface area (Å²) >= 11 is 5.39. The SMILES string of the molecule is O=[N+]([O-])c1ccc(OCC=CCCl)cc1F. The van der Waals surface area contributed by atoms with Crippen molar-refractivity contribution >= 4 is 17.3 Å². The van der Waals surface area contributed by atoms with Crippen LogP contribution >= 0.6 is 11.6 Å². The molecule has 0 N–H and O–H groups in total. The minimum Gasteiger partial charge on any atom is -0.489 e. The third-order valence-electron chi connectivity index (χ3n) is 1.72. The van der Waals surface area contributed by atoms with Gasteiger partial charge < -0.3 is 4.74 Å². The number of allylic oxidation sites excluding steroid dienone is 1. The van der Waals surface area contributed by atoms with E-state index in [1.54, 1.807) is 12.2 Å². The van der Waals surface area contributed by atoms with Crippen LogP contribution in [-0.4, -0.2) is 17.4 Å². The number of benzene rings is 1. The number of hydrogen-bond acceptors (Lipinski definition) is 3. The Kier molecular flexibility index (Phi) is 4.72. The van der Waals surface area contributed by atoms with Gasteiger partial charge >= 0.3 is 5.69 Å². The largest absolute Gasteiger partial charge is 0.489 e. The monoisotopic (exact) mass is 245 g/mol. The summed E-state index contributed by atoms with van der Waals surface area (Å²) in [5.41, 5.74) is -0.566. The Bertz CT molecular complexity index is 409. The number of halogens is 2. The van der Waals surface area contributed by atoms with E-state index in [9.17, 15) is 14.5 Å². The van der Waals surface area contributed by atoms with E-state index in [0.29, 0.717) is 5.88 Å². The van der Waals surface area contributed by atoms with Gasteiger partial charge in [0.1, 0.15) is 12.4 Å². The zero-order chi connectivity index (χ0) is 12.0. The molecule has 0 amide bonds. The molecule has 0 bridgehead atoms. The molecule has 0 radical (unpaired) electrons. The first kappa shape index (κ1) is 12.4. The maximum atomic E-state index is 13.1. The van der Waals surface area contributed by atoms with Crippen molar-refractivity contribution in [1.29, 1.82) is 0 Å². The molecule has 0 fully saturated rings. The predicted molar refractivity (Wildman–Crippen MR) is 58.4 cm³/mol. The fourth-order valence-electron chi connectivity index (χ4n) is 1.00. The Balaban J connectivity index is 2.66. The lowest BCUT2D eigenvalue weighted by Gasteiger charge is -2.02. The molecule has 0 spiro atoms. The molecule has 1 rings (SSSR count). The van der Waals surface area contributed by atoms with E-state index in [2.05, 4.69) is 0 Å². The second-order valence-electron chi connectivity index (χ2n) is 2.81. The smallest absolute Gasteiger partial charge is 0.305 e. The van der Waals surface area contributed by atoms with Crippen molar-refractivity contribution in [2.24, 2.45) is 0 Å². The molecule has 0 heterocycles. The van der Waals surface area contributed by atoms with Crippen molar-refractivity contribution in [2.45, 2.75) is 0 Å². The first-order chi connectivity index (χ1) is 7.65. The van der Waals surface area contributed by atoms with Crippen LogP contribution in [0.5, 0.6) is 5.75 Å². The molecule has 0 aliphatic rings. The van der Waals surface area contributed by atoms with Gasteiger partial charge in [-0.15, -0.1) is 11.6 Å². The zero-order valence-corrected chi connectivity index (χ0v) is 8.98. The highest BCUT2D eigenvalue weighted by atomic mass is 35.5. The molecular weight excluding hydrogens is 237 g/mol. The van der Waals surface area contributed by atoms with Crippen molar-refractivity contribution in [3.8, 4) is 5.75 Å². The van der Waals surface area contributed by atoms with Crippen LogP contribution in [0.15, 0.2) is 30.4 Å². The molecule has 0 saturated heterocycles. The molecule has 0 unspecified atom stereocenters. The van der Waals surface area contributed by atoms with Crippen LogP contribution in [0.2, 0.25) is 0 Å². The summed E-state index contributed by atoms with van der Waals surface area (Å²) in [6, 6.07) is 3.39. The number of rotatable bonds is 5. The number of ether oxygens (including phenoxy) is 1. The van der Waals surface area contributed by atoms with Crippen LogP contribution in [0.1, 0.15) is 0 Å². The van der Waals surface area contributed by atoms with Gasteiger partial charge in [0.15, 0.2) is 0 Å². The lowest BCUT2D eigenvalue weighted by atomic mass is 10.3. The lowest BCUT2D eigenvalue weighted by molar-refractivity contribution is -0.387. The maximum absolute atomic E-state index is 13.1. The van der Waals surface area contributed by atoms with Crippen molar-refractivity contribution in [3.05, 3.63) is 46.3 Å². The highest BCUT2D eigenvalue weighted by Crippen LogP contribution is 2.22. The van der Waals surface area contributed by atoms with Gasteiger partial charge in [-0.2, -0.15) is 4.39 Å². The van der Waals surface area contributed by atoms with E-state index in [0.717, 1.165) is 12.1 Å². The summed E-state index contributed by atoms with van der Waals surface area (Å²) in [7, 11) is 0. The number of hydrogen-bond donors (Lipinski definition) is 0. The Labute approximate surface area is 96.4 Å². The van der Waals surface area contributed by atoms with E-state index in [1.807, 2.05) is 0 Å². The zero-order valence-electron chi connectivity index (χ0n) is 8.23. The molecule has 6 heteroatoms. The highest BCUT2D eigenvalue weighted by Gasteiger charge is 2.13. The summed E-state index contributed by atoms with van der Waals surface area (Å²) in [5.74, 6) is -0.302. The number of nitro benzene ring substituents is 1. The van der Waals surface area contributed by atoms with E-state index in [-0.39, 0.29) is 12.4 Å². The van der Waals surface area contributed by atoms with Gasteiger partial charge in [-0.25, -0.2) is 0 Å². The summed E-state index contributed by atoms with van der Waals surface area (Å²) in [5, 5.41) is 10.3. The quantitative estimate of drug-likeness (QED) is 0.347. The van der Waals surface area contributed by atoms with Crippen LogP contribution in [0.3, 0.4) is 0 Å². The third-order valence-corrected chi connectivity index (χ3v) is 1.90. The van der Waals surface area contributed by atoms with Gasteiger partial charge in [0.2, 0.25) is 5.82 Å². The van der Waals surface area contributed by atoms with Crippen molar-refractivity contribution in [2.75, 3.05) is 12.5 Å². The maximum Gasteiger partial charge on any atom is 0.305 e. The fourth-order valence-corrected chi connectivity index (χ4v) is 1.13. The molecule has 0 saturated carbocycles. The van der Waals surface area contributed by atoms with E-state index >= 15 is 0 Å². The molecular formula is C10H9ClFNO3. The normalized spacial score (nSPS) is 10.6. The standard InChI is InChI=1S/C10H9ClFNO3/c11-5-1-2-6-16-8-3-4-10(13(14)15)9(12)7-8/h1-4,7H,5-6H2. The number of alkyl halides is 1. The summed E-state index contributed by atoms with van der Waals surface area (Å²) in [4.78, 5) is 9.55. The Morgan fingerprint density at radius 3 is 2.81 bits per heavy atom. The Morgan fingerprint density at radius 2 is 2.25 bits per heavy atom. The highest BCUT2D eigenvalue weighted by molar-refractivity contribution is 6.18. The minimum atomic E-state index is -0.913. The summed E-state index contributed by atoms with van der Waals surface area (Å²) < 4.78 is 18.2. The van der Waals surface area contributed by atoms with E-state index in [1.165, 1.54) is 6.07 Å². The number of nitro groups is 1. The van der Waals surface area contributed by atoms with E-state index in [4.69, 9.17) is 16.3 Å². The minimum absolute atomic E-state index is 0.238. The Morgan fingerprint density at radius 1 is 1.50 bits per heavy atom. The van der Waals surface area contributed by atoms with Gasteiger partial charge in [0.05, 0.1) is 4.92 Å². The van der Waals surface area contributed by atoms with Crippen molar-refractivity contribution < 1.29 is 14.1 Å². The first-order valence-electron chi connectivity index (χ1n) is 4.43. The van der Waals surface area contributed by atoms with Gasteiger partial charge in [-0.3, -0.25) is 10.1 Å². The van der Waals surface area contributed by atoms with Crippen LogP contribution in [-0.2, 0) is 0 Å². The molecule has 1 aromatic rings. The van der Waals surface area contributed by atoms with Crippen molar-refractivity contribution in [3.63, 3.8) is 0 Å². The fraction of sp³-hybridized carbons (Fsp3) is 0.200. The molecule has 0 aliphatic carbocycles. The topological polar surface area (TPSA) is 52.4 Å². The van der Waals surface area contributed by atoms with Gasteiger partial charge in [-0.05, 0) is 6.07 Å². The predicted octanol–water partition coefficient (Wildman–Crippen LogP) is 2.91. The molecule has 1 aromatic carbocycles.